The Bertz CT molecular complexity index is 1160. The third-order valence-electron chi connectivity index (χ3n) is 4.84. The molecule has 3 aromatic rings. The maximum atomic E-state index is 12.7. The largest absolute Gasteiger partial charge is 0.467 e. The van der Waals surface area contributed by atoms with E-state index in [1.807, 2.05) is 12.1 Å². The highest BCUT2D eigenvalue weighted by Crippen LogP contribution is 2.34. The number of sulfonamides is 1. The molecule has 5 nitrogen and oxygen atoms in total. The van der Waals surface area contributed by atoms with Gasteiger partial charge in [0.2, 0.25) is 10.0 Å². The maximum absolute atomic E-state index is 12.7. The van der Waals surface area contributed by atoms with Crippen molar-refractivity contribution in [2.24, 2.45) is 0 Å². The fourth-order valence-electron chi connectivity index (χ4n) is 3.24. The van der Waals surface area contributed by atoms with Gasteiger partial charge in [0.15, 0.2) is 0 Å². The smallest absolute Gasteiger partial charge is 0.416 e. The zero-order chi connectivity index (χ0) is 21.5. The zero-order valence-electron chi connectivity index (χ0n) is 15.4. The lowest BCUT2D eigenvalue weighted by Crippen LogP contribution is -2.41. The molecule has 0 saturated carbocycles. The number of nitrogens with zero attached hydrogens (tertiary/aromatic N) is 2. The van der Waals surface area contributed by atoms with Gasteiger partial charge in [-0.05, 0) is 49.2 Å². The normalized spacial score (nSPS) is 16.8. The minimum absolute atomic E-state index is 0.157. The number of rotatable bonds is 4. The van der Waals surface area contributed by atoms with Crippen molar-refractivity contribution in [2.45, 2.75) is 30.0 Å². The second kappa shape index (κ2) is 7.99. The van der Waals surface area contributed by atoms with Crippen LogP contribution in [0.25, 0.3) is 10.2 Å². The summed E-state index contributed by atoms with van der Waals surface area (Å²) in [6.07, 6.45) is -3.82. The van der Waals surface area contributed by atoms with Crippen LogP contribution in [0.4, 0.5) is 13.2 Å². The molecule has 1 aliphatic rings. The van der Waals surface area contributed by atoms with Crippen molar-refractivity contribution in [3.05, 3.63) is 53.1 Å². The van der Waals surface area contributed by atoms with Crippen molar-refractivity contribution < 1.29 is 26.3 Å². The highest BCUT2D eigenvalue weighted by Gasteiger charge is 2.33. The van der Waals surface area contributed by atoms with Crippen LogP contribution in [0.15, 0.2) is 47.4 Å². The Hall–Kier alpha value is -1.88. The fraction of sp³-hybridized carbons (Fsp3) is 0.316. The number of para-hydroxylation sites is 1. The number of hydrogen-bond acceptors (Lipinski definition) is 5. The molecule has 11 heteroatoms. The highest BCUT2D eigenvalue weighted by molar-refractivity contribution is 7.89. The number of halogens is 4. The van der Waals surface area contributed by atoms with Gasteiger partial charge in [0.1, 0.15) is 11.6 Å². The van der Waals surface area contributed by atoms with Crippen molar-refractivity contribution in [1.29, 1.82) is 0 Å². The molecule has 160 valence electrons. The molecule has 0 bridgehead atoms. The van der Waals surface area contributed by atoms with Gasteiger partial charge in [0.25, 0.3) is 5.19 Å². The van der Waals surface area contributed by atoms with Gasteiger partial charge in [-0.2, -0.15) is 17.5 Å². The average molecular weight is 477 g/mol. The highest BCUT2D eigenvalue weighted by atomic mass is 35.5. The standard InChI is InChI=1S/C19H16ClF3N2O3S2/c20-15-2-1-3-16-17(15)24-18(29-16)28-13-8-10-25(11-9-13)30(26,27)14-6-4-12(5-7-14)19(21,22)23/h1-7,13H,8-11H2. The van der Waals surface area contributed by atoms with Crippen molar-refractivity contribution >= 4 is 43.2 Å². The number of thiazole rings is 1. The number of alkyl halides is 3. The first-order valence-corrected chi connectivity index (χ1v) is 11.7. The Balaban J connectivity index is 1.41. The summed E-state index contributed by atoms with van der Waals surface area (Å²) in [6, 6.07) is 9.01. The van der Waals surface area contributed by atoms with Crippen LogP contribution in [0.5, 0.6) is 5.19 Å². The van der Waals surface area contributed by atoms with E-state index in [1.54, 1.807) is 6.07 Å². The molecular formula is C19H16ClF3N2O3S2. The molecule has 0 N–H and O–H groups in total. The lowest BCUT2D eigenvalue weighted by atomic mass is 10.1. The number of benzene rings is 2. The lowest BCUT2D eigenvalue weighted by molar-refractivity contribution is -0.137. The van der Waals surface area contributed by atoms with Crippen LogP contribution in [-0.2, 0) is 16.2 Å². The van der Waals surface area contributed by atoms with Crippen LogP contribution in [0.1, 0.15) is 18.4 Å². The maximum Gasteiger partial charge on any atom is 0.416 e. The second-order valence-corrected chi connectivity index (χ2v) is 10.1. The predicted octanol–water partition coefficient (Wildman–Crippen LogP) is 5.20. The SMILES string of the molecule is O=S(=O)(c1ccc(C(F)(F)F)cc1)N1CCC(Oc2nc3c(Cl)cccc3s2)CC1. The fourth-order valence-corrected chi connectivity index (χ4v) is 5.89. The Labute approximate surface area is 180 Å². The van der Waals surface area contributed by atoms with Crippen LogP contribution in [0.3, 0.4) is 0 Å². The van der Waals surface area contributed by atoms with Crippen molar-refractivity contribution in [1.82, 2.24) is 9.29 Å². The van der Waals surface area contributed by atoms with E-state index in [1.165, 1.54) is 15.6 Å². The Kier molecular flexibility index (Phi) is 5.69. The summed E-state index contributed by atoms with van der Waals surface area (Å²) in [4.78, 5) is 4.23. The summed E-state index contributed by atoms with van der Waals surface area (Å²) in [7, 11) is -3.87. The number of ether oxygens (including phenoxy) is 1. The minimum Gasteiger partial charge on any atom is -0.467 e. The van der Waals surface area contributed by atoms with Gasteiger partial charge in [0, 0.05) is 13.1 Å². The van der Waals surface area contributed by atoms with E-state index in [2.05, 4.69) is 4.98 Å². The zero-order valence-corrected chi connectivity index (χ0v) is 17.8. The van der Waals surface area contributed by atoms with Crippen molar-refractivity contribution in [2.75, 3.05) is 13.1 Å². The quantitative estimate of drug-likeness (QED) is 0.519. The van der Waals surface area contributed by atoms with Crippen LogP contribution in [-0.4, -0.2) is 36.9 Å². The number of fused-ring (bicyclic) bond motifs is 1. The predicted molar refractivity (Wildman–Crippen MR) is 108 cm³/mol. The minimum atomic E-state index is -4.51. The number of aromatic nitrogens is 1. The van der Waals surface area contributed by atoms with Crippen LogP contribution in [0.2, 0.25) is 5.02 Å². The first kappa shape index (κ1) is 21.4. The average Bonchev–Trinajstić information content (AvgIpc) is 3.12. The van der Waals surface area contributed by atoms with E-state index in [0.717, 1.165) is 29.0 Å². The van der Waals surface area contributed by atoms with Gasteiger partial charge in [-0.1, -0.05) is 29.0 Å². The summed E-state index contributed by atoms with van der Waals surface area (Å²) in [5.41, 5.74) is -0.217. The molecule has 0 amide bonds. The van der Waals surface area contributed by atoms with Gasteiger partial charge in [0.05, 0.1) is 20.2 Å². The molecule has 2 aromatic carbocycles. The topological polar surface area (TPSA) is 59.5 Å². The van der Waals surface area contributed by atoms with Gasteiger partial charge in [-0.25, -0.2) is 13.4 Å². The third-order valence-corrected chi connectivity index (χ3v) is 7.97. The first-order chi connectivity index (χ1) is 14.1. The van der Waals surface area contributed by atoms with Crippen LogP contribution < -0.4 is 4.74 Å². The van der Waals surface area contributed by atoms with E-state index < -0.39 is 21.8 Å². The Morgan fingerprint density at radius 3 is 2.37 bits per heavy atom. The van der Waals surface area contributed by atoms with E-state index in [-0.39, 0.29) is 24.1 Å². The lowest BCUT2D eigenvalue weighted by Gasteiger charge is -2.30. The van der Waals surface area contributed by atoms with Crippen molar-refractivity contribution in [3.63, 3.8) is 0 Å². The monoisotopic (exact) mass is 476 g/mol. The van der Waals surface area contributed by atoms with E-state index in [0.29, 0.717) is 28.6 Å². The Morgan fingerprint density at radius 1 is 1.10 bits per heavy atom. The summed E-state index contributed by atoms with van der Waals surface area (Å²) in [6.45, 7) is 0.416. The van der Waals surface area contributed by atoms with Gasteiger partial charge in [-0.15, -0.1) is 0 Å². The van der Waals surface area contributed by atoms with Crippen molar-refractivity contribution in [3.8, 4) is 5.19 Å². The molecular weight excluding hydrogens is 461 g/mol. The number of hydrogen-bond donors (Lipinski definition) is 0. The molecule has 0 aliphatic carbocycles. The molecule has 1 fully saturated rings. The molecule has 30 heavy (non-hydrogen) atoms. The number of piperidine rings is 1. The molecule has 0 unspecified atom stereocenters. The van der Waals surface area contributed by atoms with Gasteiger partial charge >= 0.3 is 6.18 Å². The van der Waals surface area contributed by atoms with E-state index in [9.17, 15) is 21.6 Å². The van der Waals surface area contributed by atoms with E-state index in [4.69, 9.17) is 16.3 Å². The van der Waals surface area contributed by atoms with Gasteiger partial charge < -0.3 is 4.74 Å². The molecule has 2 heterocycles. The van der Waals surface area contributed by atoms with Crippen LogP contribution in [0, 0.1) is 0 Å². The molecule has 1 saturated heterocycles. The first-order valence-electron chi connectivity index (χ1n) is 9.04. The van der Waals surface area contributed by atoms with Crippen LogP contribution >= 0.6 is 22.9 Å². The summed E-state index contributed by atoms with van der Waals surface area (Å²) < 4.78 is 71.7. The second-order valence-electron chi connectivity index (χ2n) is 6.81. The molecule has 0 radical (unpaired) electrons. The summed E-state index contributed by atoms with van der Waals surface area (Å²) in [5.74, 6) is 0. The summed E-state index contributed by atoms with van der Waals surface area (Å²) in [5, 5.41) is 1.01. The Morgan fingerprint density at radius 2 is 1.77 bits per heavy atom. The van der Waals surface area contributed by atoms with Gasteiger partial charge in [-0.3, -0.25) is 0 Å². The third kappa shape index (κ3) is 4.27. The molecule has 1 aromatic heterocycles. The summed E-state index contributed by atoms with van der Waals surface area (Å²) >= 11 is 7.50. The molecule has 1 aliphatic heterocycles. The molecule has 0 spiro atoms. The molecule has 0 atom stereocenters. The molecule has 4 rings (SSSR count). The van der Waals surface area contributed by atoms with E-state index >= 15 is 0 Å².